The molecule has 25 heavy (non-hydrogen) atoms. The number of rotatable bonds is 2. The molecule has 0 aliphatic carbocycles. The Morgan fingerprint density at radius 1 is 1.28 bits per heavy atom. The van der Waals surface area contributed by atoms with Gasteiger partial charge in [-0.25, -0.2) is 9.59 Å². The fourth-order valence-corrected chi connectivity index (χ4v) is 2.81. The van der Waals surface area contributed by atoms with Gasteiger partial charge in [-0.2, -0.15) is 0 Å². The molecule has 0 spiro atoms. The zero-order valence-electron chi connectivity index (χ0n) is 14.5. The van der Waals surface area contributed by atoms with E-state index in [4.69, 9.17) is 13.9 Å². The highest BCUT2D eigenvalue weighted by molar-refractivity contribution is 5.89. The van der Waals surface area contributed by atoms with E-state index in [0.29, 0.717) is 22.3 Å². The Bertz CT molecular complexity index is 921. The third-order valence-corrected chi connectivity index (χ3v) is 4.43. The van der Waals surface area contributed by atoms with Crippen LogP contribution >= 0.6 is 0 Å². The Kier molecular flexibility index (Phi) is 4.16. The van der Waals surface area contributed by atoms with Gasteiger partial charge < -0.3 is 19.0 Å². The highest BCUT2D eigenvalue weighted by Gasteiger charge is 2.46. The summed E-state index contributed by atoms with van der Waals surface area (Å²) in [6, 6.07) is 6.39. The average molecular weight is 344 g/mol. The van der Waals surface area contributed by atoms with Crippen LogP contribution in [0.3, 0.4) is 0 Å². The van der Waals surface area contributed by atoms with Gasteiger partial charge in [0.05, 0.1) is 5.56 Å². The Morgan fingerprint density at radius 2 is 1.96 bits per heavy atom. The minimum Gasteiger partial charge on any atom is -0.484 e. The number of allylic oxidation sites excluding steroid dienone is 1. The number of aliphatic hydroxyl groups excluding tert-OH is 1. The summed E-state index contributed by atoms with van der Waals surface area (Å²) in [5.74, 6) is -0.140. The van der Waals surface area contributed by atoms with E-state index < -0.39 is 29.4 Å². The molecule has 0 fully saturated rings. The molecule has 6 heteroatoms. The molecule has 1 N–H and O–H groups in total. The summed E-state index contributed by atoms with van der Waals surface area (Å²) < 4.78 is 16.7. The SMILES string of the molecule is C/C=C(\C)C(=O)O[C@H]1c2c(ccc3ccc(=O)oc23)OC(C)(C)[C@H]1O. The molecule has 3 rings (SSSR count). The van der Waals surface area contributed by atoms with Crippen LogP contribution in [0.15, 0.2) is 45.1 Å². The third kappa shape index (κ3) is 2.93. The number of hydrogen-bond donors (Lipinski definition) is 1. The summed E-state index contributed by atoms with van der Waals surface area (Å²) in [4.78, 5) is 24.0. The van der Waals surface area contributed by atoms with Crippen LogP contribution in [0, 0.1) is 0 Å². The summed E-state index contributed by atoms with van der Waals surface area (Å²) in [5, 5.41) is 11.4. The van der Waals surface area contributed by atoms with Crippen LogP contribution in [0.2, 0.25) is 0 Å². The summed E-state index contributed by atoms with van der Waals surface area (Å²) in [6.45, 7) is 6.76. The lowest BCUT2D eigenvalue weighted by Gasteiger charge is -2.41. The van der Waals surface area contributed by atoms with Crippen molar-refractivity contribution >= 4 is 16.9 Å². The van der Waals surface area contributed by atoms with E-state index in [0.717, 1.165) is 0 Å². The second-order valence-electron chi connectivity index (χ2n) is 6.60. The molecule has 2 heterocycles. The quantitative estimate of drug-likeness (QED) is 0.512. The van der Waals surface area contributed by atoms with Crippen molar-refractivity contribution in [3.63, 3.8) is 0 Å². The van der Waals surface area contributed by atoms with Crippen LogP contribution in [0.5, 0.6) is 5.75 Å². The van der Waals surface area contributed by atoms with Gasteiger partial charge in [0.2, 0.25) is 0 Å². The molecule has 0 saturated heterocycles. The molecule has 1 aromatic carbocycles. The zero-order valence-corrected chi connectivity index (χ0v) is 14.5. The number of hydrogen-bond acceptors (Lipinski definition) is 6. The first-order valence-corrected chi connectivity index (χ1v) is 8.02. The lowest BCUT2D eigenvalue weighted by molar-refractivity contribution is -0.166. The van der Waals surface area contributed by atoms with Crippen LogP contribution in [0.1, 0.15) is 39.4 Å². The van der Waals surface area contributed by atoms with Crippen molar-refractivity contribution in [1.82, 2.24) is 0 Å². The van der Waals surface area contributed by atoms with E-state index in [-0.39, 0.29) is 5.58 Å². The van der Waals surface area contributed by atoms with Crippen LogP contribution in [-0.4, -0.2) is 22.8 Å². The molecule has 1 aliphatic rings. The Balaban J connectivity index is 2.22. The average Bonchev–Trinajstić information content (AvgIpc) is 2.57. The first-order valence-electron chi connectivity index (χ1n) is 8.02. The largest absolute Gasteiger partial charge is 0.484 e. The molecular weight excluding hydrogens is 324 g/mol. The Hall–Kier alpha value is -2.60. The number of benzene rings is 1. The van der Waals surface area contributed by atoms with Crippen LogP contribution in [-0.2, 0) is 9.53 Å². The predicted octanol–water partition coefficient (Wildman–Crippen LogP) is 2.88. The number of aliphatic hydroxyl groups is 1. The van der Waals surface area contributed by atoms with Crippen LogP contribution in [0.25, 0.3) is 11.0 Å². The van der Waals surface area contributed by atoms with Gasteiger partial charge in [-0.3, -0.25) is 0 Å². The monoisotopic (exact) mass is 344 g/mol. The van der Waals surface area contributed by atoms with Gasteiger partial charge in [0.1, 0.15) is 23.0 Å². The predicted molar refractivity (Wildman–Crippen MR) is 91.5 cm³/mol. The van der Waals surface area contributed by atoms with Gasteiger partial charge in [0, 0.05) is 17.0 Å². The van der Waals surface area contributed by atoms with E-state index in [9.17, 15) is 14.7 Å². The summed E-state index contributed by atoms with van der Waals surface area (Å²) in [6.07, 6.45) is -0.524. The lowest BCUT2D eigenvalue weighted by atomic mass is 9.87. The molecule has 132 valence electrons. The molecule has 0 radical (unpaired) electrons. The summed E-state index contributed by atoms with van der Waals surface area (Å²) in [7, 11) is 0. The first kappa shape index (κ1) is 17.2. The lowest BCUT2D eigenvalue weighted by Crippen LogP contribution is -2.50. The second-order valence-corrected chi connectivity index (χ2v) is 6.60. The van der Waals surface area contributed by atoms with E-state index in [2.05, 4.69) is 0 Å². The molecule has 2 aromatic rings. The second kappa shape index (κ2) is 6.04. The fourth-order valence-electron chi connectivity index (χ4n) is 2.81. The van der Waals surface area contributed by atoms with Crippen molar-refractivity contribution in [2.24, 2.45) is 0 Å². The van der Waals surface area contributed by atoms with Crippen molar-refractivity contribution in [1.29, 1.82) is 0 Å². The number of carbonyl (C=O) groups is 1. The minimum atomic E-state index is -1.13. The molecule has 0 amide bonds. The number of ether oxygens (including phenoxy) is 2. The van der Waals surface area contributed by atoms with E-state index in [1.54, 1.807) is 52.0 Å². The standard InChI is InChI=1S/C19H20O6/c1-5-10(2)18(22)24-16-14-12(25-19(3,4)17(16)21)8-6-11-7-9-13(20)23-15(11)14/h5-9,16-17,21H,1-4H3/b10-5+/t16-,17-/m0/s1. The van der Waals surface area contributed by atoms with Crippen molar-refractivity contribution in [2.45, 2.75) is 45.5 Å². The maximum absolute atomic E-state index is 12.3. The topological polar surface area (TPSA) is 86.0 Å². The van der Waals surface area contributed by atoms with Crippen LogP contribution < -0.4 is 10.4 Å². The normalized spacial score (nSPS) is 22.2. The highest BCUT2D eigenvalue weighted by Crippen LogP contribution is 2.45. The van der Waals surface area contributed by atoms with Crippen molar-refractivity contribution in [2.75, 3.05) is 0 Å². The molecule has 0 unspecified atom stereocenters. The summed E-state index contributed by atoms with van der Waals surface area (Å²) in [5.41, 5.74) is -0.491. The Labute approximate surface area is 144 Å². The van der Waals surface area contributed by atoms with E-state index in [1.165, 1.54) is 6.07 Å². The number of esters is 1. The molecular formula is C19H20O6. The third-order valence-electron chi connectivity index (χ3n) is 4.43. The molecule has 0 saturated carbocycles. The van der Waals surface area contributed by atoms with E-state index >= 15 is 0 Å². The van der Waals surface area contributed by atoms with Gasteiger partial charge >= 0.3 is 11.6 Å². The van der Waals surface area contributed by atoms with Crippen molar-refractivity contribution < 1.29 is 23.8 Å². The van der Waals surface area contributed by atoms with Gasteiger partial charge in [0.15, 0.2) is 6.10 Å². The van der Waals surface area contributed by atoms with Gasteiger partial charge in [-0.15, -0.1) is 0 Å². The zero-order chi connectivity index (χ0) is 18.4. The van der Waals surface area contributed by atoms with Crippen molar-refractivity contribution in [3.8, 4) is 5.75 Å². The molecule has 0 bridgehead atoms. The maximum atomic E-state index is 12.3. The molecule has 2 atom stereocenters. The van der Waals surface area contributed by atoms with Gasteiger partial charge in [0.25, 0.3) is 0 Å². The van der Waals surface area contributed by atoms with Gasteiger partial charge in [-0.1, -0.05) is 6.08 Å². The molecule has 1 aromatic heterocycles. The molecule has 6 nitrogen and oxygen atoms in total. The number of carbonyl (C=O) groups excluding carboxylic acids is 1. The summed E-state index contributed by atoms with van der Waals surface area (Å²) >= 11 is 0. The van der Waals surface area contributed by atoms with Crippen molar-refractivity contribution in [3.05, 3.63) is 51.9 Å². The fraction of sp³-hybridized carbons (Fsp3) is 0.368. The van der Waals surface area contributed by atoms with Gasteiger partial charge in [-0.05, 0) is 45.9 Å². The maximum Gasteiger partial charge on any atom is 0.336 e. The van der Waals surface area contributed by atoms with E-state index in [1.807, 2.05) is 0 Å². The first-order chi connectivity index (χ1) is 11.7. The molecule has 1 aliphatic heterocycles. The smallest absolute Gasteiger partial charge is 0.336 e. The highest BCUT2D eigenvalue weighted by atomic mass is 16.6. The van der Waals surface area contributed by atoms with Crippen LogP contribution in [0.4, 0.5) is 0 Å². The Morgan fingerprint density at radius 3 is 2.64 bits per heavy atom. The minimum absolute atomic E-state index is 0.246. The number of fused-ring (bicyclic) bond motifs is 3.